The molecular formula is C16H10ClFN2O4. The number of esters is 1. The van der Waals surface area contributed by atoms with Gasteiger partial charge in [-0.25, -0.2) is 9.18 Å². The quantitative estimate of drug-likeness (QED) is 0.514. The van der Waals surface area contributed by atoms with Crippen molar-refractivity contribution < 1.29 is 22.8 Å². The van der Waals surface area contributed by atoms with Gasteiger partial charge in [-0.05, 0) is 35.9 Å². The lowest BCUT2D eigenvalue weighted by molar-refractivity contribution is -0.139. The topological polar surface area (TPSA) is 78.4 Å². The summed E-state index contributed by atoms with van der Waals surface area (Å²) in [7, 11) is 0. The number of benzene rings is 1. The van der Waals surface area contributed by atoms with Crippen molar-refractivity contribution in [1.82, 2.24) is 10.2 Å². The second kappa shape index (κ2) is 7.10. The Bertz CT molecular complexity index is 874. The highest BCUT2D eigenvalue weighted by atomic mass is 35.5. The lowest BCUT2D eigenvalue weighted by Crippen LogP contribution is -2.00. The molecule has 0 aliphatic rings. The summed E-state index contributed by atoms with van der Waals surface area (Å²) in [5.74, 6) is -0.392. The van der Waals surface area contributed by atoms with Gasteiger partial charge < -0.3 is 13.6 Å². The Morgan fingerprint density at radius 2 is 2.21 bits per heavy atom. The molecule has 0 fully saturated rings. The van der Waals surface area contributed by atoms with Crippen LogP contribution in [0.1, 0.15) is 11.5 Å². The van der Waals surface area contributed by atoms with Gasteiger partial charge >= 0.3 is 5.97 Å². The molecule has 0 N–H and O–H groups in total. The predicted molar refractivity (Wildman–Crippen MR) is 82.2 cm³/mol. The number of hydrogen-bond acceptors (Lipinski definition) is 6. The van der Waals surface area contributed by atoms with E-state index in [1.807, 2.05) is 0 Å². The van der Waals surface area contributed by atoms with E-state index in [-0.39, 0.29) is 23.4 Å². The molecule has 3 rings (SSSR count). The lowest BCUT2D eigenvalue weighted by Gasteiger charge is -1.98. The first-order valence-electron chi connectivity index (χ1n) is 6.78. The van der Waals surface area contributed by atoms with E-state index in [9.17, 15) is 9.18 Å². The third-order valence-corrected chi connectivity index (χ3v) is 3.18. The zero-order valence-electron chi connectivity index (χ0n) is 12.1. The van der Waals surface area contributed by atoms with Crippen LogP contribution in [-0.2, 0) is 16.1 Å². The second-order valence-corrected chi connectivity index (χ2v) is 5.00. The van der Waals surface area contributed by atoms with Gasteiger partial charge in [0.25, 0.3) is 11.8 Å². The summed E-state index contributed by atoms with van der Waals surface area (Å²) in [5.41, 5.74) is 0.566. The van der Waals surface area contributed by atoms with Crippen molar-refractivity contribution in [1.29, 1.82) is 0 Å². The van der Waals surface area contributed by atoms with Gasteiger partial charge in [0, 0.05) is 6.08 Å². The zero-order valence-corrected chi connectivity index (χ0v) is 12.9. The Morgan fingerprint density at radius 3 is 2.96 bits per heavy atom. The van der Waals surface area contributed by atoms with Gasteiger partial charge in [-0.1, -0.05) is 17.7 Å². The minimum Gasteiger partial charge on any atom is -0.459 e. The number of aromatic nitrogens is 2. The van der Waals surface area contributed by atoms with Crippen LogP contribution < -0.4 is 0 Å². The number of furan rings is 1. The smallest absolute Gasteiger partial charge is 0.331 e. The minimum absolute atomic E-state index is 0.0261. The Balaban J connectivity index is 1.55. The van der Waals surface area contributed by atoms with Crippen LogP contribution in [0.3, 0.4) is 0 Å². The lowest BCUT2D eigenvalue weighted by atomic mass is 10.2. The molecule has 0 aliphatic carbocycles. The fraction of sp³-hybridized carbons (Fsp3) is 0.0625. The maximum atomic E-state index is 13.0. The summed E-state index contributed by atoms with van der Waals surface area (Å²) in [6, 6.07) is 7.44. The first-order chi connectivity index (χ1) is 11.6. The van der Waals surface area contributed by atoms with Crippen LogP contribution in [-0.4, -0.2) is 16.2 Å². The number of carbonyl (C=O) groups is 1. The van der Waals surface area contributed by atoms with Crippen molar-refractivity contribution in [2.75, 3.05) is 0 Å². The molecule has 6 nitrogen and oxygen atoms in total. The molecule has 0 radical (unpaired) electrons. The monoisotopic (exact) mass is 348 g/mol. The number of rotatable bonds is 5. The number of ether oxygens (including phenoxy) is 1. The van der Waals surface area contributed by atoms with Gasteiger partial charge in [0.1, 0.15) is 5.82 Å². The Morgan fingerprint density at radius 1 is 1.33 bits per heavy atom. The zero-order chi connectivity index (χ0) is 16.9. The molecule has 0 spiro atoms. The molecule has 0 bridgehead atoms. The van der Waals surface area contributed by atoms with Crippen molar-refractivity contribution >= 4 is 23.6 Å². The normalized spacial score (nSPS) is 11.1. The highest BCUT2D eigenvalue weighted by Gasteiger charge is 2.11. The van der Waals surface area contributed by atoms with Crippen molar-refractivity contribution in [3.05, 3.63) is 65.0 Å². The molecular weight excluding hydrogens is 339 g/mol. The van der Waals surface area contributed by atoms with Gasteiger partial charge in [-0.2, -0.15) is 0 Å². The number of nitrogens with zero attached hydrogens (tertiary/aromatic N) is 2. The Labute approximate surface area is 140 Å². The first-order valence-corrected chi connectivity index (χ1v) is 7.16. The summed E-state index contributed by atoms with van der Waals surface area (Å²) in [6.45, 7) is -0.180. The molecule has 8 heteroatoms. The van der Waals surface area contributed by atoms with Crippen LogP contribution in [0.2, 0.25) is 5.02 Å². The summed E-state index contributed by atoms with van der Waals surface area (Å²) in [4.78, 5) is 11.7. The van der Waals surface area contributed by atoms with Gasteiger partial charge in [0.2, 0.25) is 0 Å². The van der Waals surface area contributed by atoms with Crippen LogP contribution in [0.5, 0.6) is 0 Å². The van der Waals surface area contributed by atoms with Gasteiger partial charge in [0.05, 0.1) is 11.3 Å². The average molecular weight is 349 g/mol. The molecule has 0 aliphatic heterocycles. The largest absolute Gasteiger partial charge is 0.459 e. The van der Waals surface area contributed by atoms with Crippen LogP contribution >= 0.6 is 11.6 Å². The van der Waals surface area contributed by atoms with Crippen molar-refractivity contribution in [2.24, 2.45) is 0 Å². The van der Waals surface area contributed by atoms with Gasteiger partial charge in [-0.3, -0.25) is 0 Å². The minimum atomic E-state index is -0.617. The maximum absolute atomic E-state index is 13.0. The first kappa shape index (κ1) is 15.9. The van der Waals surface area contributed by atoms with Gasteiger partial charge in [0.15, 0.2) is 12.4 Å². The molecule has 1 aromatic carbocycles. The number of halogens is 2. The molecule has 0 amide bonds. The molecule has 2 aromatic heterocycles. The van der Waals surface area contributed by atoms with Crippen molar-refractivity contribution in [2.45, 2.75) is 6.61 Å². The summed E-state index contributed by atoms with van der Waals surface area (Å²) < 4.78 is 28.4. The fourth-order valence-corrected chi connectivity index (χ4v) is 1.96. The summed E-state index contributed by atoms with van der Waals surface area (Å²) >= 11 is 5.65. The average Bonchev–Trinajstić information content (AvgIpc) is 3.25. The highest BCUT2D eigenvalue weighted by molar-refractivity contribution is 6.30. The van der Waals surface area contributed by atoms with E-state index in [2.05, 4.69) is 10.2 Å². The van der Waals surface area contributed by atoms with Crippen LogP contribution in [0.15, 0.2) is 51.5 Å². The molecule has 122 valence electrons. The molecule has 0 saturated carbocycles. The SMILES string of the molecule is O=C(/C=C/c1ccc(F)c(Cl)c1)OCc1nnc(-c2ccco2)o1. The Kier molecular flexibility index (Phi) is 4.72. The molecule has 0 unspecified atom stereocenters. The molecule has 3 aromatic rings. The number of hydrogen-bond donors (Lipinski definition) is 0. The third kappa shape index (κ3) is 3.88. The van der Waals surface area contributed by atoms with E-state index in [4.69, 9.17) is 25.2 Å². The third-order valence-electron chi connectivity index (χ3n) is 2.89. The molecule has 0 saturated heterocycles. The second-order valence-electron chi connectivity index (χ2n) is 4.59. The fourth-order valence-electron chi connectivity index (χ4n) is 1.77. The number of carbonyl (C=O) groups excluding carboxylic acids is 1. The van der Waals surface area contributed by atoms with E-state index in [1.165, 1.54) is 36.6 Å². The van der Waals surface area contributed by atoms with E-state index < -0.39 is 11.8 Å². The summed E-state index contributed by atoms with van der Waals surface area (Å²) in [6.07, 6.45) is 4.12. The van der Waals surface area contributed by atoms with Crippen molar-refractivity contribution in [3.63, 3.8) is 0 Å². The predicted octanol–water partition coefficient (Wildman–Crippen LogP) is 3.88. The summed E-state index contributed by atoms with van der Waals surface area (Å²) in [5, 5.41) is 7.50. The van der Waals surface area contributed by atoms with Crippen LogP contribution in [0, 0.1) is 5.82 Å². The van der Waals surface area contributed by atoms with E-state index in [0.29, 0.717) is 11.3 Å². The molecule has 0 atom stereocenters. The Hall–Kier alpha value is -2.93. The van der Waals surface area contributed by atoms with Gasteiger partial charge in [-0.15, -0.1) is 10.2 Å². The van der Waals surface area contributed by atoms with E-state index >= 15 is 0 Å². The van der Waals surface area contributed by atoms with Crippen LogP contribution in [0.25, 0.3) is 17.7 Å². The molecule has 2 heterocycles. The standard InChI is InChI=1S/C16H10ClFN2O4/c17-11-8-10(3-5-12(11)18)4-6-15(21)23-9-14-19-20-16(24-14)13-2-1-7-22-13/h1-8H,9H2/b6-4+. The van der Waals surface area contributed by atoms with Crippen LogP contribution in [0.4, 0.5) is 4.39 Å². The maximum Gasteiger partial charge on any atom is 0.331 e. The molecule has 24 heavy (non-hydrogen) atoms. The van der Waals surface area contributed by atoms with Crippen molar-refractivity contribution in [3.8, 4) is 11.7 Å². The highest BCUT2D eigenvalue weighted by Crippen LogP contribution is 2.18. The van der Waals surface area contributed by atoms with E-state index in [0.717, 1.165) is 0 Å². The van der Waals surface area contributed by atoms with E-state index in [1.54, 1.807) is 12.1 Å².